The molecule has 0 saturated carbocycles. The predicted octanol–water partition coefficient (Wildman–Crippen LogP) is 3.92. The zero-order valence-corrected chi connectivity index (χ0v) is 16.2. The molecule has 2 heterocycles. The quantitative estimate of drug-likeness (QED) is 0.681. The lowest BCUT2D eigenvalue weighted by Crippen LogP contribution is -2.13. The monoisotopic (exact) mass is 353 g/mol. The Morgan fingerprint density at radius 2 is 1.85 bits per heavy atom. The Morgan fingerprint density at radius 1 is 1.12 bits per heavy atom. The lowest BCUT2D eigenvalue weighted by molar-refractivity contribution is 0.314. The number of aryl methyl sites for hydroxylation is 1. The Hall–Kier alpha value is -2.63. The molecule has 2 aromatic heterocycles. The summed E-state index contributed by atoms with van der Waals surface area (Å²) in [6.45, 7) is 12.1. The van der Waals surface area contributed by atoms with Crippen molar-refractivity contribution in [2.24, 2.45) is 0 Å². The number of rotatable bonds is 6. The second-order valence-corrected chi connectivity index (χ2v) is 7.55. The van der Waals surface area contributed by atoms with E-state index in [9.17, 15) is 0 Å². The van der Waals surface area contributed by atoms with Crippen LogP contribution in [0.4, 0.5) is 5.82 Å². The number of hydrogen-bond acceptors (Lipinski definition) is 5. The molecule has 3 rings (SSSR count). The third kappa shape index (κ3) is 3.95. The summed E-state index contributed by atoms with van der Waals surface area (Å²) in [7, 11) is 0. The van der Waals surface area contributed by atoms with E-state index in [4.69, 9.17) is 4.74 Å². The lowest BCUT2D eigenvalue weighted by Gasteiger charge is -2.19. The van der Waals surface area contributed by atoms with Gasteiger partial charge in [0.1, 0.15) is 17.9 Å². The summed E-state index contributed by atoms with van der Waals surface area (Å²) < 4.78 is 7.60. The Kier molecular flexibility index (Phi) is 5.11. The first-order chi connectivity index (χ1) is 12.4. The average Bonchev–Trinajstić information content (AvgIpc) is 3.05. The molecule has 3 aromatic rings. The molecular weight excluding hydrogens is 326 g/mol. The molecule has 0 radical (unpaired) electrons. The van der Waals surface area contributed by atoms with Crippen LogP contribution in [0.25, 0.3) is 5.78 Å². The van der Waals surface area contributed by atoms with Crippen LogP contribution >= 0.6 is 0 Å². The molecule has 6 nitrogen and oxygen atoms in total. The number of ether oxygens (including phenoxy) is 1. The Labute approximate surface area is 154 Å². The van der Waals surface area contributed by atoms with Crippen LogP contribution in [0.3, 0.4) is 0 Å². The van der Waals surface area contributed by atoms with Crippen LogP contribution in [-0.4, -0.2) is 32.7 Å². The second kappa shape index (κ2) is 7.32. The van der Waals surface area contributed by atoms with Crippen LogP contribution in [-0.2, 0) is 5.41 Å². The maximum absolute atomic E-state index is 5.85. The van der Waals surface area contributed by atoms with Crippen molar-refractivity contribution in [2.75, 3.05) is 18.5 Å². The fourth-order valence-corrected chi connectivity index (χ4v) is 2.76. The zero-order valence-electron chi connectivity index (χ0n) is 16.2. The Bertz CT molecular complexity index is 878. The minimum absolute atomic E-state index is 0.162. The van der Waals surface area contributed by atoms with Gasteiger partial charge in [-0.1, -0.05) is 32.9 Å². The van der Waals surface area contributed by atoms with Crippen molar-refractivity contribution < 1.29 is 4.74 Å². The van der Waals surface area contributed by atoms with E-state index in [-0.39, 0.29) is 5.41 Å². The molecule has 0 unspecified atom stereocenters. The zero-order chi connectivity index (χ0) is 18.7. The summed E-state index contributed by atoms with van der Waals surface area (Å²) in [5.74, 6) is 2.47. The van der Waals surface area contributed by atoms with E-state index < -0.39 is 0 Å². The summed E-state index contributed by atoms with van der Waals surface area (Å²) >= 11 is 0. The van der Waals surface area contributed by atoms with Gasteiger partial charge < -0.3 is 10.1 Å². The topological polar surface area (TPSA) is 64.3 Å². The maximum Gasteiger partial charge on any atom is 0.254 e. The van der Waals surface area contributed by atoms with Crippen LogP contribution in [0, 0.1) is 13.8 Å². The second-order valence-electron chi connectivity index (χ2n) is 7.55. The number of nitrogens with zero attached hydrogens (tertiary/aromatic N) is 4. The lowest BCUT2D eigenvalue weighted by atomic mass is 9.87. The number of fused-ring (bicyclic) bond motifs is 1. The summed E-state index contributed by atoms with van der Waals surface area (Å²) in [4.78, 5) is 8.59. The fourth-order valence-electron chi connectivity index (χ4n) is 2.76. The Balaban J connectivity index is 1.52. The van der Waals surface area contributed by atoms with Gasteiger partial charge in [-0.2, -0.15) is 14.6 Å². The van der Waals surface area contributed by atoms with Gasteiger partial charge in [-0.15, -0.1) is 0 Å². The molecule has 0 atom stereocenters. The van der Waals surface area contributed by atoms with Gasteiger partial charge in [-0.25, -0.2) is 4.98 Å². The largest absolute Gasteiger partial charge is 0.494 e. The van der Waals surface area contributed by atoms with E-state index in [1.807, 2.05) is 26.0 Å². The number of anilines is 1. The summed E-state index contributed by atoms with van der Waals surface area (Å²) in [5, 5.41) is 7.68. The summed E-state index contributed by atoms with van der Waals surface area (Å²) in [6, 6.07) is 8.36. The van der Waals surface area contributed by atoms with E-state index in [1.165, 1.54) is 11.9 Å². The van der Waals surface area contributed by atoms with Crippen molar-refractivity contribution in [2.45, 2.75) is 46.5 Å². The minimum atomic E-state index is 0.162. The van der Waals surface area contributed by atoms with Crippen LogP contribution < -0.4 is 10.1 Å². The van der Waals surface area contributed by atoms with E-state index in [0.717, 1.165) is 35.8 Å². The van der Waals surface area contributed by atoms with Gasteiger partial charge >= 0.3 is 0 Å². The van der Waals surface area contributed by atoms with Gasteiger partial charge in [-0.05, 0) is 43.4 Å². The minimum Gasteiger partial charge on any atom is -0.494 e. The van der Waals surface area contributed by atoms with E-state index >= 15 is 0 Å². The standard InChI is InChI=1S/C20H27N5O/c1-14-15(2)24-19-22-13-23-25(19)18(14)21-11-6-12-26-17-9-7-16(8-10-17)20(3,4)5/h7-10,13,21H,6,11-12H2,1-5H3. The molecule has 138 valence electrons. The summed E-state index contributed by atoms with van der Waals surface area (Å²) in [6.07, 6.45) is 2.41. The van der Waals surface area contributed by atoms with Crippen LogP contribution in [0.2, 0.25) is 0 Å². The van der Waals surface area contributed by atoms with Crippen molar-refractivity contribution in [1.82, 2.24) is 19.6 Å². The van der Waals surface area contributed by atoms with Gasteiger partial charge in [0.25, 0.3) is 5.78 Å². The molecule has 6 heteroatoms. The van der Waals surface area contributed by atoms with Crippen molar-refractivity contribution in [3.05, 3.63) is 47.4 Å². The third-order valence-electron chi connectivity index (χ3n) is 4.51. The van der Waals surface area contributed by atoms with Crippen molar-refractivity contribution in [1.29, 1.82) is 0 Å². The van der Waals surface area contributed by atoms with Crippen LogP contribution in [0.1, 0.15) is 44.0 Å². The first-order valence-corrected chi connectivity index (χ1v) is 9.00. The van der Waals surface area contributed by atoms with Gasteiger partial charge in [0.05, 0.1) is 6.61 Å². The van der Waals surface area contributed by atoms with Crippen molar-refractivity contribution in [3.8, 4) is 5.75 Å². The normalized spacial score (nSPS) is 11.7. The average molecular weight is 353 g/mol. The third-order valence-corrected chi connectivity index (χ3v) is 4.51. The van der Waals surface area contributed by atoms with Gasteiger partial charge in [0.15, 0.2) is 0 Å². The van der Waals surface area contributed by atoms with Gasteiger partial charge in [0, 0.05) is 17.8 Å². The van der Waals surface area contributed by atoms with E-state index in [1.54, 1.807) is 4.52 Å². The molecule has 0 fully saturated rings. The number of benzene rings is 1. The van der Waals surface area contributed by atoms with Crippen molar-refractivity contribution >= 4 is 11.6 Å². The summed E-state index contributed by atoms with van der Waals surface area (Å²) in [5.41, 5.74) is 3.52. The first-order valence-electron chi connectivity index (χ1n) is 9.00. The highest BCUT2D eigenvalue weighted by molar-refractivity contribution is 5.51. The highest BCUT2D eigenvalue weighted by Gasteiger charge is 2.13. The van der Waals surface area contributed by atoms with E-state index in [0.29, 0.717) is 12.4 Å². The molecule has 1 N–H and O–H groups in total. The van der Waals surface area contributed by atoms with Gasteiger partial charge in [0.2, 0.25) is 0 Å². The smallest absolute Gasteiger partial charge is 0.254 e. The molecule has 0 aliphatic rings. The number of aromatic nitrogens is 4. The molecule has 0 aliphatic carbocycles. The van der Waals surface area contributed by atoms with Crippen LogP contribution in [0.15, 0.2) is 30.6 Å². The number of hydrogen-bond donors (Lipinski definition) is 1. The Morgan fingerprint density at radius 3 is 2.54 bits per heavy atom. The molecule has 0 saturated heterocycles. The van der Waals surface area contributed by atoms with E-state index in [2.05, 4.69) is 53.3 Å². The first kappa shape index (κ1) is 18.2. The van der Waals surface area contributed by atoms with Crippen LogP contribution in [0.5, 0.6) is 5.75 Å². The molecule has 0 aliphatic heterocycles. The molecule has 26 heavy (non-hydrogen) atoms. The molecular formula is C20H27N5O. The van der Waals surface area contributed by atoms with Gasteiger partial charge in [-0.3, -0.25) is 0 Å². The molecule has 1 aromatic carbocycles. The van der Waals surface area contributed by atoms with Crippen molar-refractivity contribution in [3.63, 3.8) is 0 Å². The highest BCUT2D eigenvalue weighted by Crippen LogP contribution is 2.24. The maximum atomic E-state index is 5.85. The highest BCUT2D eigenvalue weighted by atomic mass is 16.5. The SMILES string of the molecule is Cc1nc2ncnn2c(NCCCOc2ccc(C(C)(C)C)cc2)c1C. The predicted molar refractivity (Wildman–Crippen MR) is 104 cm³/mol. The number of nitrogens with one attached hydrogen (secondary N) is 1. The molecule has 0 amide bonds. The molecule has 0 spiro atoms. The fraction of sp³-hybridized carbons (Fsp3) is 0.450. The molecule has 0 bridgehead atoms.